The molecule has 0 bridgehead atoms. The van der Waals surface area contributed by atoms with Crippen molar-refractivity contribution in [1.29, 1.82) is 0 Å². The number of hydrogen-bond donors (Lipinski definition) is 0. The fourth-order valence-corrected chi connectivity index (χ4v) is 4.00. The summed E-state index contributed by atoms with van der Waals surface area (Å²) in [6, 6.07) is 36.2. The Hall–Kier alpha value is -2.50. The smallest absolute Gasteiger partial charge is 0.179 e. The third kappa shape index (κ3) is 3.29. The van der Waals surface area contributed by atoms with Crippen molar-refractivity contribution in [3.8, 4) is 22.3 Å². The van der Waals surface area contributed by atoms with Crippen molar-refractivity contribution in [2.45, 2.75) is 12.8 Å². The third-order valence-corrected chi connectivity index (χ3v) is 5.23. The van der Waals surface area contributed by atoms with Gasteiger partial charge < -0.3 is 0 Å². The SMILES string of the molecule is [Zn+2].[c-]1cccc2c1Cc1ccccc1-2.[c-]1cccc2c1Cc1ccccc1-2. The molecule has 0 aromatic heterocycles. The first-order valence-corrected chi connectivity index (χ1v) is 9.06. The van der Waals surface area contributed by atoms with Crippen LogP contribution in [0, 0.1) is 12.1 Å². The number of rotatable bonds is 0. The molecule has 0 N–H and O–H groups in total. The zero-order chi connectivity index (χ0) is 17.3. The second kappa shape index (κ2) is 7.63. The summed E-state index contributed by atoms with van der Waals surface area (Å²) >= 11 is 0. The first-order chi connectivity index (χ1) is 12.9. The maximum absolute atomic E-state index is 3.30. The Morgan fingerprint density at radius 1 is 0.481 bits per heavy atom. The van der Waals surface area contributed by atoms with Crippen LogP contribution in [0.25, 0.3) is 22.3 Å². The van der Waals surface area contributed by atoms with Gasteiger partial charge in [-0.05, 0) is 12.8 Å². The van der Waals surface area contributed by atoms with Gasteiger partial charge in [-0.2, -0.15) is 59.7 Å². The molecule has 0 fully saturated rings. The molecule has 0 saturated carbocycles. The molecule has 4 aromatic carbocycles. The predicted octanol–water partition coefficient (Wildman–Crippen LogP) is 6.11. The molecule has 0 unspecified atom stereocenters. The molecule has 0 aliphatic heterocycles. The summed E-state index contributed by atoms with van der Waals surface area (Å²) in [5.41, 5.74) is 11.0. The van der Waals surface area contributed by atoms with Gasteiger partial charge >= 0.3 is 19.5 Å². The van der Waals surface area contributed by atoms with Crippen LogP contribution < -0.4 is 0 Å². The van der Waals surface area contributed by atoms with E-state index < -0.39 is 0 Å². The minimum absolute atomic E-state index is 0. The largest absolute Gasteiger partial charge is 2.00 e. The fraction of sp³-hybridized carbons (Fsp3) is 0.0769. The van der Waals surface area contributed by atoms with Crippen LogP contribution in [0.3, 0.4) is 0 Å². The van der Waals surface area contributed by atoms with E-state index in [1.165, 1.54) is 44.5 Å². The Morgan fingerprint density at radius 2 is 0.889 bits per heavy atom. The van der Waals surface area contributed by atoms with Gasteiger partial charge in [0.05, 0.1) is 0 Å². The van der Waals surface area contributed by atoms with Crippen LogP contribution in [0.5, 0.6) is 0 Å². The number of hydrogen-bond acceptors (Lipinski definition) is 0. The first-order valence-electron chi connectivity index (χ1n) is 9.06. The summed E-state index contributed by atoms with van der Waals surface area (Å²) in [6.07, 6.45) is 2.10. The zero-order valence-electron chi connectivity index (χ0n) is 15.2. The zero-order valence-corrected chi connectivity index (χ0v) is 18.2. The molecular formula is C26H18Zn. The van der Waals surface area contributed by atoms with Gasteiger partial charge in [0, 0.05) is 0 Å². The van der Waals surface area contributed by atoms with Crippen LogP contribution in [0.1, 0.15) is 22.3 Å². The fourth-order valence-electron chi connectivity index (χ4n) is 4.00. The summed E-state index contributed by atoms with van der Waals surface area (Å²) in [6.45, 7) is 0. The normalized spacial score (nSPS) is 11.9. The number of fused-ring (bicyclic) bond motifs is 6. The molecule has 2 aliphatic rings. The van der Waals surface area contributed by atoms with E-state index in [0.717, 1.165) is 12.8 Å². The van der Waals surface area contributed by atoms with E-state index in [1.807, 2.05) is 12.1 Å². The van der Waals surface area contributed by atoms with Crippen LogP contribution in [-0.2, 0) is 32.3 Å². The molecule has 0 heterocycles. The Balaban J connectivity index is 0.000000129. The van der Waals surface area contributed by atoms with Crippen LogP contribution in [0.4, 0.5) is 0 Å². The minimum Gasteiger partial charge on any atom is -0.179 e. The molecule has 0 spiro atoms. The van der Waals surface area contributed by atoms with Crippen molar-refractivity contribution in [2.75, 3.05) is 0 Å². The quantitative estimate of drug-likeness (QED) is 0.215. The van der Waals surface area contributed by atoms with Gasteiger partial charge in [0.15, 0.2) is 0 Å². The minimum atomic E-state index is 0. The van der Waals surface area contributed by atoms with E-state index in [1.54, 1.807) is 0 Å². The molecule has 6 rings (SSSR count). The summed E-state index contributed by atoms with van der Waals surface area (Å²) in [5, 5.41) is 0. The van der Waals surface area contributed by atoms with Gasteiger partial charge in [-0.15, -0.1) is 11.1 Å². The second-order valence-electron chi connectivity index (χ2n) is 6.79. The molecule has 27 heavy (non-hydrogen) atoms. The molecule has 0 atom stereocenters. The van der Waals surface area contributed by atoms with Gasteiger partial charge in [-0.3, -0.25) is 0 Å². The molecule has 0 nitrogen and oxygen atoms in total. The third-order valence-electron chi connectivity index (χ3n) is 5.23. The average molecular weight is 396 g/mol. The van der Waals surface area contributed by atoms with Crippen molar-refractivity contribution in [3.05, 3.63) is 119 Å². The standard InChI is InChI=1S/2C13H9.Zn/c2*1-3-7-12-10(5-1)9-11-6-2-4-8-13(11)12;/h2*1-5,7-8H,9H2;/q2*-1;+2. The van der Waals surface area contributed by atoms with Gasteiger partial charge in [0.25, 0.3) is 0 Å². The molecule has 0 radical (unpaired) electrons. The Morgan fingerprint density at radius 3 is 1.37 bits per heavy atom. The first kappa shape index (κ1) is 17.9. The topological polar surface area (TPSA) is 0 Å². The Bertz CT molecular complexity index is 918. The second-order valence-corrected chi connectivity index (χ2v) is 6.79. The van der Waals surface area contributed by atoms with E-state index in [2.05, 4.69) is 84.9 Å². The van der Waals surface area contributed by atoms with Gasteiger partial charge in [0.2, 0.25) is 0 Å². The molecule has 1 heteroatoms. The summed E-state index contributed by atoms with van der Waals surface area (Å²) < 4.78 is 0. The maximum atomic E-state index is 3.30. The van der Waals surface area contributed by atoms with E-state index in [0.29, 0.717) is 0 Å². The predicted molar refractivity (Wildman–Crippen MR) is 107 cm³/mol. The van der Waals surface area contributed by atoms with Crippen molar-refractivity contribution in [2.24, 2.45) is 0 Å². The Kier molecular flexibility index (Phi) is 5.05. The van der Waals surface area contributed by atoms with Gasteiger partial charge in [-0.25, -0.2) is 0 Å². The summed E-state index contributed by atoms with van der Waals surface area (Å²) in [5.74, 6) is 0. The molecule has 0 amide bonds. The van der Waals surface area contributed by atoms with E-state index in [9.17, 15) is 0 Å². The maximum Gasteiger partial charge on any atom is 2.00 e. The summed E-state index contributed by atoms with van der Waals surface area (Å²) in [4.78, 5) is 0. The van der Waals surface area contributed by atoms with Crippen LogP contribution in [0.2, 0.25) is 0 Å². The molecular weight excluding hydrogens is 378 g/mol. The van der Waals surface area contributed by atoms with Crippen LogP contribution >= 0.6 is 0 Å². The Labute approximate surface area is 173 Å². The molecule has 0 saturated heterocycles. The van der Waals surface area contributed by atoms with Crippen LogP contribution in [0.15, 0.2) is 84.9 Å². The van der Waals surface area contributed by atoms with E-state index >= 15 is 0 Å². The van der Waals surface area contributed by atoms with E-state index in [4.69, 9.17) is 0 Å². The van der Waals surface area contributed by atoms with Crippen LogP contribution in [-0.4, -0.2) is 0 Å². The number of benzene rings is 4. The van der Waals surface area contributed by atoms with E-state index in [-0.39, 0.29) is 19.5 Å². The van der Waals surface area contributed by atoms with Crippen molar-refractivity contribution < 1.29 is 19.5 Å². The molecule has 4 aromatic rings. The molecule has 124 valence electrons. The monoisotopic (exact) mass is 394 g/mol. The van der Waals surface area contributed by atoms with Gasteiger partial charge in [-0.1, -0.05) is 70.8 Å². The summed E-state index contributed by atoms with van der Waals surface area (Å²) in [7, 11) is 0. The van der Waals surface area contributed by atoms with Crippen molar-refractivity contribution in [1.82, 2.24) is 0 Å². The van der Waals surface area contributed by atoms with Crippen molar-refractivity contribution >= 4 is 0 Å². The van der Waals surface area contributed by atoms with Crippen molar-refractivity contribution in [3.63, 3.8) is 0 Å². The average Bonchev–Trinajstić information content (AvgIpc) is 3.27. The van der Waals surface area contributed by atoms with Gasteiger partial charge in [0.1, 0.15) is 0 Å². The molecule has 2 aliphatic carbocycles.